The molecule has 0 nitrogen and oxygen atoms in total. The van der Waals surface area contributed by atoms with Gasteiger partial charge in [0, 0.05) is 0 Å². The van der Waals surface area contributed by atoms with Gasteiger partial charge in [-0.3, -0.25) is 0 Å². The third-order valence-electron chi connectivity index (χ3n) is 6.96. The number of rotatable bonds is 6. The van der Waals surface area contributed by atoms with Gasteiger partial charge in [0.15, 0.2) is 0 Å². The third-order valence-corrected chi connectivity index (χ3v) is 6.96. The van der Waals surface area contributed by atoms with E-state index in [9.17, 15) is 4.39 Å². The summed E-state index contributed by atoms with van der Waals surface area (Å²) in [6.45, 7) is 2.29. The Morgan fingerprint density at radius 1 is 0.929 bits per heavy atom. The molecule has 2 aliphatic rings. The zero-order valence-corrected chi connectivity index (χ0v) is 17.2. The fraction of sp³-hybridized carbons (Fsp3) is 0.481. The lowest BCUT2D eigenvalue weighted by Gasteiger charge is -2.29. The Morgan fingerprint density at radius 3 is 2.46 bits per heavy atom. The van der Waals surface area contributed by atoms with Gasteiger partial charge in [-0.15, -0.1) is 0 Å². The molecule has 2 aromatic carbocycles. The molecule has 28 heavy (non-hydrogen) atoms. The Bertz CT molecular complexity index is 807. The van der Waals surface area contributed by atoms with Crippen molar-refractivity contribution in [1.29, 1.82) is 0 Å². The zero-order chi connectivity index (χ0) is 19.3. The highest BCUT2D eigenvalue weighted by molar-refractivity contribution is 5.70. The van der Waals surface area contributed by atoms with Gasteiger partial charge in [-0.1, -0.05) is 75.1 Å². The van der Waals surface area contributed by atoms with E-state index in [0.29, 0.717) is 6.42 Å². The molecule has 0 atom stereocenters. The number of fused-ring (bicyclic) bond motifs is 1. The minimum absolute atomic E-state index is 0.0616. The topological polar surface area (TPSA) is 0 Å². The maximum atomic E-state index is 13.9. The van der Waals surface area contributed by atoms with Crippen molar-refractivity contribution >= 4 is 5.57 Å². The van der Waals surface area contributed by atoms with E-state index in [0.717, 1.165) is 29.4 Å². The monoisotopic (exact) mass is 376 g/mol. The van der Waals surface area contributed by atoms with Gasteiger partial charge in [0.1, 0.15) is 5.82 Å². The Labute approximate surface area is 169 Å². The second kappa shape index (κ2) is 9.07. The molecular formula is C27H33F. The van der Waals surface area contributed by atoms with Crippen LogP contribution in [0.25, 0.3) is 5.57 Å². The number of allylic oxidation sites excluding steroid dienone is 2. The van der Waals surface area contributed by atoms with E-state index in [1.807, 2.05) is 6.07 Å². The smallest absolute Gasteiger partial charge is 0.126 e. The standard InChI is InChI=1S/C27H33F/c1-2-3-4-6-20-9-11-21(12-10-20)22-13-15-23(16-14-22)24-17-18-26-25(19-24)7-5-8-27(26)28/h5,7-8,13-17,20-21H,2-4,6,9-12,18-19H2,1H3. The second-order valence-corrected chi connectivity index (χ2v) is 8.82. The maximum absolute atomic E-state index is 13.9. The highest BCUT2D eigenvalue weighted by Crippen LogP contribution is 2.38. The minimum atomic E-state index is -0.0616. The normalized spacial score (nSPS) is 21.9. The predicted octanol–water partition coefficient (Wildman–Crippen LogP) is 7.86. The molecule has 0 radical (unpaired) electrons. The molecule has 2 aromatic rings. The van der Waals surface area contributed by atoms with Crippen LogP contribution in [0, 0.1) is 11.7 Å². The molecule has 0 bridgehead atoms. The van der Waals surface area contributed by atoms with Crippen LogP contribution in [0.1, 0.15) is 86.5 Å². The lowest BCUT2D eigenvalue weighted by atomic mass is 9.76. The highest BCUT2D eigenvalue weighted by Gasteiger charge is 2.22. The molecule has 148 valence electrons. The molecule has 0 aromatic heterocycles. The van der Waals surface area contributed by atoms with E-state index in [-0.39, 0.29) is 5.82 Å². The quantitative estimate of drug-likeness (QED) is 0.450. The van der Waals surface area contributed by atoms with E-state index in [1.165, 1.54) is 68.1 Å². The molecule has 0 spiro atoms. The van der Waals surface area contributed by atoms with Crippen LogP contribution < -0.4 is 0 Å². The number of benzene rings is 2. The van der Waals surface area contributed by atoms with Crippen LogP contribution in [0.3, 0.4) is 0 Å². The highest BCUT2D eigenvalue weighted by atomic mass is 19.1. The summed E-state index contributed by atoms with van der Waals surface area (Å²) in [4.78, 5) is 0. The molecule has 0 heterocycles. The van der Waals surface area contributed by atoms with Gasteiger partial charge < -0.3 is 0 Å². The molecule has 0 amide bonds. The van der Waals surface area contributed by atoms with Gasteiger partial charge in [0.25, 0.3) is 0 Å². The third kappa shape index (κ3) is 4.40. The van der Waals surface area contributed by atoms with Crippen molar-refractivity contribution < 1.29 is 4.39 Å². The van der Waals surface area contributed by atoms with Gasteiger partial charge >= 0.3 is 0 Å². The lowest BCUT2D eigenvalue weighted by Crippen LogP contribution is -2.13. The summed E-state index contributed by atoms with van der Waals surface area (Å²) in [7, 11) is 0. The van der Waals surface area contributed by atoms with Crippen molar-refractivity contribution in [3.63, 3.8) is 0 Å². The molecule has 1 saturated carbocycles. The van der Waals surface area contributed by atoms with Crippen molar-refractivity contribution in [2.24, 2.45) is 5.92 Å². The van der Waals surface area contributed by atoms with Gasteiger partial charge in [0.05, 0.1) is 0 Å². The Hall–Kier alpha value is -1.89. The first kappa shape index (κ1) is 19.4. The van der Waals surface area contributed by atoms with Crippen LogP contribution in [0.4, 0.5) is 4.39 Å². The number of hydrogen-bond donors (Lipinski definition) is 0. The number of halogens is 1. The average Bonchev–Trinajstić information content (AvgIpc) is 2.75. The van der Waals surface area contributed by atoms with Crippen molar-refractivity contribution in [3.05, 3.63) is 76.6 Å². The van der Waals surface area contributed by atoms with Gasteiger partial charge in [-0.2, -0.15) is 0 Å². The average molecular weight is 377 g/mol. The summed E-state index contributed by atoms with van der Waals surface area (Å²) >= 11 is 0. The Kier molecular flexibility index (Phi) is 6.29. The van der Waals surface area contributed by atoms with Crippen LogP contribution in [0.15, 0.2) is 48.5 Å². The molecule has 1 fully saturated rings. The fourth-order valence-electron chi connectivity index (χ4n) is 5.16. The Balaban J connectivity index is 1.36. The molecule has 4 rings (SSSR count). The summed E-state index contributed by atoms with van der Waals surface area (Å²) in [5, 5.41) is 0. The maximum Gasteiger partial charge on any atom is 0.126 e. The summed E-state index contributed by atoms with van der Waals surface area (Å²) in [6.07, 6.45) is 14.9. The molecule has 0 unspecified atom stereocenters. The molecular weight excluding hydrogens is 343 g/mol. The first-order valence-corrected chi connectivity index (χ1v) is 11.3. The molecule has 0 N–H and O–H groups in total. The molecule has 0 saturated heterocycles. The van der Waals surface area contributed by atoms with Crippen molar-refractivity contribution in [2.75, 3.05) is 0 Å². The summed E-state index contributed by atoms with van der Waals surface area (Å²) < 4.78 is 13.9. The van der Waals surface area contributed by atoms with Gasteiger partial charge in [-0.05, 0) is 84.3 Å². The summed E-state index contributed by atoms with van der Waals surface area (Å²) in [5.41, 5.74) is 6.16. The van der Waals surface area contributed by atoms with E-state index in [4.69, 9.17) is 0 Å². The van der Waals surface area contributed by atoms with Crippen LogP contribution in [-0.2, 0) is 12.8 Å². The Morgan fingerprint density at radius 2 is 1.71 bits per heavy atom. The van der Waals surface area contributed by atoms with Crippen molar-refractivity contribution in [1.82, 2.24) is 0 Å². The second-order valence-electron chi connectivity index (χ2n) is 8.82. The fourth-order valence-corrected chi connectivity index (χ4v) is 5.16. The predicted molar refractivity (Wildman–Crippen MR) is 117 cm³/mol. The van der Waals surface area contributed by atoms with E-state index in [2.05, 4.69) is 43.3 Å². The minimum Gasteiger partial charge on any atom is -0.207 e. The van der Waals surface area contributed by atoms with Crippen LogP contribution in [-0.4, -0.2) is 0 Å². The summed E-state index contributed by atoms with van der Waals surface area (Å²) in [5.74, 6) is 1.65. The number of hydrogen-bond acceptors (Lipinski definition) is 0. The van der Waals surface area contributed by atoms with Gasteiger partial charge in [-0.25, -0.2) is 4.39 Å². The number of unbranched alkanes of at least 4 members (excludes halogenated alkanes) is 2. The van der Waals surface area contributed by atoms with Crippen LogP contribution in [0.2, 0.25) is 0 Å². The largest absolute Gasteiger partial charge is 0.207 e. The van der Waals surface area contributed by atoms with E-state index < -0.39 is 0 Å². The van der Waals surface area contributed by atoms with Crippen molar-refractivity contribution in [2.45, 2.75) is 77.0 Å². The SMILES string of the molecule is CCCCCC1CCC(c2ccc(C3=CCc4c(F)cccc4C3)cc2)CC1. The van der Waals surface area contributed by atoms with Crippen LogP contribution in [0.5, 0.6) is 0 Å². The van der Waals surface area contributed by atoms with Crippen molar-refractivity contribution in [3.8, 4) is 0 Å². The molecule has 1 heteroatoms. The first-order chi connectivity index (χ1) is 13.7. The van der Waals surface area contributed by atoms with Gasteiger partial charge in [0.2, 0.25) is 0 Å². The van der Waals surface area contributed by atoms with Crippen LogP contribution >= 0.6 is 0 Å². The zero-order valence-electron chi connectivity index (χ0n) is 17.2. The first-order valence-electron chi connectivity index (χ1n) is 11.3. The lowest BCUT2D eigenvalue weighted by molar-refractivity contribution is 0.303. The summed E-state index contributed by atoms with van der Waals surface area (Å²) in [6, 6.07) is 14.7. The van der Waals surface area contributed by atoms with E-state index >= 15 is 0 Å². The van der Waals surface area contributed by atoms with E-state index in [1.54, 1.807) is 6.07 Å². The molecule has 2 aliphatic carbocycles. The molecule has 0 aliphatic heterocycles.